The number of imidazole rings is 1. The maximum atomic E-state index is 12.2. The van der Waals surface area contributed by atoms with Gasteiger partial charge in [0.25, 0.3) is 5.91 Å². The lowest BCUT2D eigenvalue weighted by atomic mass is 10.1. The molecule has 3 aromatic rings. The van der Waals surface area contributed by atoms with Crippen molar-refractivity contribution >= 4 is 40.4 Å². The maximum absolute atomic E-state index is 12.2. The SMILES string of the molecule is NC(=O)c1ccc(C(=O)CSc2nc3c(C(N)=O)cccc3[nH]2)cc1. The van der Waals surface area contributed by atoms with Crippen molar-refractivity contribution in [3.05, 3.63) is 59.2 Å². The molecule has 8 heteroatoms. The molecule has 0 aliphatic heterocycles. The van der Waals surface area contributed by atoms with Gasteiger partial charge in [-0.1, -0.05) is 30.0 Å². The molecule has 2 aromatic carbocycles. The van der Waals surface area contributed by atoms with E-state index in [2.05, 4.69) is 9.97 Å². The second-order valence-electron chi connectivity index (χ2n) is 5.26. The molecular weight excluding hydrogens is 340 g/mol. The summed E-state index contributed by atoms with van der Waals surface area (Å²) in [5.41, 5.74) is 12.8. The van der Waals surface area contributed by atoms with Crippen molar-refractivity contribution in [1.29, 1.82) is 0 Å². The van der Waals surface area contributed by atoms with Crippen LogP contribution in [0.5, 0.6) is 0 Å². The monoisotopic (exact) mass is 354 g/mol. The standard InChI is InChI=1S/C17H14N4O3S/c18-15(23)10-6-4-9(5-7-10)13(22)8-25-17-20-12-3-1-2-11(16(19)24)14(12)21-17/h1-7H,8H2,(H2,18,23)(H2,19,24)(H,20,21). The number of ketones is 1. The van der Waals surface area contributed by atoms with Gasteiger partial charge in [0.05, 0.1) is 16.8 Å². The maximum Gasteiger partial charge on any atom is 0.250 e. The minimum absolute atomic E-state index is 0.114. The molecule has 5 N–H and O–H groups in total. The van der Waals surface area contributed by atoms with E-state index < -0.39 is 11.8 Å². The van der Waals surface area contributed by atoms with Crippen molar-refractivity contribution in [2.75, 3.05) is 5.75 Å². The highest BCUT2D eigenvalue weighted by atomic mass is 32.2. The molecule has 7 nitrogen and oxygen atoms in total. The normalized spacial score (nSPS) is 10.7. The number of hydrogen-bond acceptors (Lipinski definition) is 5. The third-order valence-corrected chi connectivity index (χ3v) is 4.46. The fraction of sp³-hybridized carbons (Fsp3) is 0.0588. The zero-order valence-electron chi connectivity index (χ0n) is 13.0. The predicted molar refractivity (Wildman–Crippen MR) is 94.6 cm³/mol. The summed E-state index contributed by atoms with van der Waals surface area (Å²) in [6.45, 7) is 0. The number of aromatic amines is 1. The highest BCUT2D eigenvalue weighted by molar-refractivity contribution is 7.99. The van der Waals surface area contributed by atoms with Crippen molar-refractivity contribution in [3.63, 3.8) is 0 Å². The molecule has 0 aliphatic carbocycles. The number of benzene rings is 2. The van der Waals surface area contributed by atoms with Crippen LogP contribution in [0.15, 0.2) is 47.6 Å². The lowest BCUT2D eigenvalue weighted by Gasteiger charge is -2.01. The number of aromatic nitrogens is 2. The van der Waals surface area contributed by atoms with Gasteiger partial charge in [-0.2, -0.15) is 0 Å². The van der Waals surface area contributed by atoms with Crippen LogP contribution in [-0.4, -0.2) is 33.3 Å². The fourth-order valence-corrected chi connectivity index (χ4v) is 3.09. The Morgan fingerprint density at radius 3 is 2.28 bits per heavy atom. The zero-order valence-corrected chi connectivity index (χ0v) is 13.8. The number of amides is 2. The van der Waals surface area contributed by atoms with Crippen molar-refractivity contribution in [3.8, 4) is 0 Å². The second kappa shape index (κ2) is 6.78. The van der Waals surface area contributed by atoms with Crippen LogP contribution >= 0.6 is 11.8 Å². The van der Waals surface area contributed by atoms with Gasteiger partial charge < -0.3 is 16.5 Å². The first-order chi connectivity index (χ1) is 12.0. The van der Waals surface area contributed by atoms with Crippen LogP contribution in [0, 0.1) is 0 Å². The Balaban J connectivity index is 1.74. The minimum atomic E-state index is -0.556. The number of carbonyl (C=O) groups excluding carboxylic acids is 3. The van der Waals surface area contributed by atoms with E-state index in [4.69, 9.17) is 11.5 Å². The quantitative estimate of drug-likeness (QED) is 0.458. The summed E-state index contributed by atoms with van der Waals surface area (Å²) in [7, 11) is 0. The Hall–Kier alpha value is -3.13. The number of hydrogen-bond donors (Lipinski definition) is 3. The molecule has 1 heterocycles. The topological polar surface area (TPSA) is 132 Å². The molecule has 0 spiro atoms. The Kier molecular flexibility index (Phi) is 4.53. The molecular formula is C17H14N4O3S. The molecule has 126 valence electrons. The number of primary amides is 2. The number of rotatable bonds is 6. The Labute approximate surface area is 146 Å². The average Bonchev–Trinajstić information content (AvgIpc) is 3.02. The molecule has 0 bridgehead atoms. The van der Waals surface area contributed by atoms with Crippen LogP contribution in [0.4, 0.5) is 0 Å². The first-order valence-electron chi connectivity index (χ1n) is 7.30. The van der Waals surface area contributed by atoms with Gasteiger partial charge in [-0.25, -0.2) is 4.98 Å². The van der Waals surface area contributed by atoms with E-state index in [0.717, 1.165) is 0 Å². The van der Waals surface area contributed by atoms with E-state index in [1.54, 1.807) is 30.3 Å². The molecule has 0 saturated carbocycles. The second-order valence-corrected chi connectivity index (χ2v) is 6.23. The number of para-hydroxylation sites is 1. The molecule has 0 atom stereocenters. The number of carbonyl (C=O) groups is 3. The van der Waals surface area contributed by atoms with E-state index in [1.165, 1.54) is 23.9 Å². The molecule has 0 unspecified atom stereocenters. The molecule has 3 rings (SSSR count). The fourth-order valence-electron chi connectivity index (χ4n) is 2.31. The number of nitrogens with two attached hydrogens (primary N) is 2. The zero-order chi connectivity index (χ0) is 18.0. The molecule has 1 aromatic heterocycles. The first-order valence-corrected chi connectivity index (χ1v) is 8.28. The van der Waals surface area contributed by atoms with E-state index in [-0.39, 0.29) is 11.5 Å². The van der Waals surface area contributed by atoms with Crippen LogP contribution in [0.2, 0.25) is 0 Å². The third-order valence-electron chi connectivity index (χ3n) is 3.59. The molecule has 25 heavy (non-hydrogen) atoms. The van der Waals surface area contributed by atoms with Gasteiger partial charge in [-0.3, -0.25) is 14.4 Å². The smallest absolute Gasteiger partial charge is 0.250 e. The lowest BCUT2D eigenvalue weighted by Crippen LogP contribution is -2.11. The van der Waals surface area contributed by atoms with Gasteiger partial charge in [-0.05, 0) is 24.3 Å². The van der Waals surface area contributed by atoms with Crippen LogP contribution in [0.25, 0.3) is 11.0 Å². The minimum Gasteiger partial charge on any atom is -0.366 e. The van der Waals surface area contributed by atoms with Gasteiger partial charge in [0.15, 0.2) is 10.9 Å². The summed E-state index contributed by atoms with van der Waals surface area (Å²) < 4.78 is 0. The summed E-state index contributed by atoms with van der Waals surface area (Å²) in [4.78, 5) is 42.1. The Bertz CT molecular complexity index is 979. The molecule has 0 aliphatic rings. The van der Waals surface area contributed by atoms with E-state index >= 15 is 0 Å². The highest BCUT2D eigenvalue weighted by Gasteiger charge is 2.13. The summed E-state index contributed by atoms with van der Waals surface area (Å²) in [5.74, 6) is -1.06. The summed E-state index contributed by atoms with van der Waals surface area (Å²) in [5, 5.41) is 0.519. The molecule has 0 saturated heterocycles. The van der Waals surface area contributed by atoms with Crippen molar-refractivity contribution < 1.29 is 14.4 Å². The predicted octanol–water partition coefficient (Wildman–Crippen LogP) is 1.74. The van der Waals surface area contributed by atoms with Crippen LogP contribution in [0.1, 0.15) is 31.1 Å². The van der Waals surface area contributed by atoms with Gasteiger partial charge in [0.2, 0.25) is 5.91 Å². The first kappa shape index (κ1) is 16.7. The number of Topliss-reactive ketones (excluding diaryl/α,β-unsaturated/α-hetero) is 1. The summed E-state index contributed by atoms with van der Waals surface area (Å²) >= 11 is 1.22. The Morgan fingerprint density at radius 2 is 1.64 bits per heavy atom. The van der Waals surface area contributed by atoms with E-state index in [0.29, 0.717) is 32.9 Å². The van der Waals surface area contributed by atoms with Crippen LogP contribution < -0.4 is 11.5 Å². The number of thioether (sulfide) groups is 1. The van der Waals surface area contributed by atoms with Gasteiger partial charge in [-0.15, -0.1) is 0 Å². The number of nitrogens with one attached hydrogen (secondary N) is 1. The number of fused-ring (bicyclic) bond motifs is 1. The van der Waals surface area contributed by atoms with Gasteiger partial charge in [0.1, 0.15) is 5.52 Å². The van der Waals surface area contributed by atoms with Crippen molar-refractivity contribution in [1.82, 2.24) is 9.97 Å². The number of H-pyrrole nitrogens is 1. The summed E-state index contributed by atoms with van der Waals surface area (Å²) in [6.07, 6.45) is 0. The van der Waals surface area contributed by atoms with Crippen LogP contribution in [0.3, 0.4) is 0 Å². The van der Waals surface area contributed by atoms with Gasteiger partial charge in [0, 0.05) is 11.1 Å². The Morgan fingerprint density at radius 1 is 0.960 bits per heavy atom. The molecule has 2 amide bonds. The largest absolute Gasteiger partial charge is 0.366 e. The van der Waals surface area contributed by atoms with Crippen LogP contribution in [-0.2, 0) is 0 Å². The van der Waals surface area contributed by atoms with Gasteiger partial charge >= 0.3 is 0 Å². The van der Waals surface area contributed by atoms with E-state index in [1.807, 2.05) is 0 Å². The number of nitrogens with zero attached hydrogens (tertiary/aromatic N) is 1. The van der Waals surface area contributed by atoms with Crippen molar-refractivity contribution in [2.24, 2.45) is 11.5 Å². The highest BCUT2D eigenvalue weighted by Crippen LogP contribution is 2.22. The third kappa shape index (κ3) is 3.53. The summed E-state index contributed by atoms with van der Waals surface area (Å²) in [6, 6.07) is 11.2. The molecule has 0 radical (unpaired) electrons. The van der Waals surface area contributed by atoms with Crippen molar-refractivity contribution in [2.45, 2.75) is 5.16 Å². The lowest BCUT2D eigenvalue weighted by molar-refractivity contribution is 0.0992. The molecule has 0 fully saturated rings. The average molecular weight is 354 g/mol. The van der Waals surface area contributed by atoms with E-state index in [9.17, 15) is 14.4 Å².